The molecule has 3 heteroatoms. The van der Waals surface area contributed by atoms with Gasteiger partial charge in [0.15, 0.2) is 0 Å². The van der Waals surface area contributed by atoms with Crippen LogP contribution in [0.3, 0.4) is 0 Å². The highest BCUT2D eigenvalue weighted by Gasteiger charge is 2.15. The average molecular weight is 215 g/mol. The van der Waals surface area contributed by atoms with Gasteiger partial charge >= 0.3 is 0 Å². The van der Waals surface area contributed by atoms with Crippen LogP contribution in [0.5, 0.6) is 0 Å². The molecule has 80 valence electrons. The highest BCUT2D eigenvalue weighted by atomic mass is 35.5. The molecule has 0 fully saturated rings. The molecule has 0 aliphatic carbocycles. The van der Waals surface area contributed by atoms with Crippen molar-refractivity contribution in [1.82, 2.24) is 9.78 Å². The van der Waals surface area contributed by atoms with Crippen LogP contribution in [0.25, 0.3) is 0 Å². The van der Waals surface area contributed by atoms with Crippen LogP contribution in [0.4, 0.5) is 0 Å². The minimum atomic E-state index is 0.232. The highest BCUT2D eigenvalue weighted by Crippen LogP contribution is 2.19. The molecule has 1 rings (SSSR count). The average Bonchev–Trinajstić information content (AvgIpc) is 2.40. The lowest BCUT2D eigenvalue weighted by Gasteiger charge is -2.16. The molecule has 2 unspecified atom stereocenters. The smallest absolute Gasteiger partial charge is 0.0596 e. The number of hydrogen-bond donors (Lipinski definition) is 0. The van der Waals surface area contributed by atoms with Crippen LogP contribution in [0.2, 0.25) is 0 Å². The quantitative estimate of drug-likeness (QED) is 0.705. The van der Waals surface area contributed by atoms with E-state index in [1.54, 1.807) is 0 Å². The number of hydrogen-bond acceptors (Lipinski definition) is 1. The van der Waals surface area contributed by atoms with Crippen molar-refractivity contribution in [3.8, 4) is 0 Å². The maximum absolute atomic E-state index is 6.12. The van der Waals surface area contributed by atoms with Crippen molar-refractivity contribution in [2.75, 3.05) is 0 Å². The second-order valence-electron chi connectivity index (χ2n) is 3.95. The molecule has 0 aromatic carbocycles. The first-order chi connectivity index (χ1) is 6.54. The van der Waals surface area contributed by atoms with Crippen LogP contribution in [-0.4, -0.2) is 15.2 Å². The Morgan fingerprint density at radius 2 is 2.21 bits per heavy atom. The maximum atomic E-state index is 6.12. The third-order valence-electron chi connectivity index (χ3n) is 2.74. The van der Waals surface area contributed by atoms with Crippen molar-refractivity contribution in [3.63, 3.8) is 0 Å². The minimum Gasteiger partial charge on any atom is -0.272 e. The summed E-state index contributed by atoms with van der Waals surface area (Å²) in [6, 6.07) is 2.14. The van der Waals surface area contributed by atoms with Gasteiger partial charge in [-0.05, 0) is 32.3 Å². The first-order valence-corrected chi connectivity index (χ1v) is 5.61. The van der Waals surface area contributed by atoms with Crippen molar-refractivity contribution in [1.29, 1.82) is 0 Å². The summed E-state index contributed by atoms with van der Waals surface area (Å²) in [6.45, 7) is 6.28. The number of nitrogens with zero attached hydrogens (tertiary/aromatic N) is 2. The fourth-order valence-corrected chi connectivity index (χ4v) is 2.02. The first-order valence-electron chi connectivity index (χ1n) is 5.18. The largest absolute Gasteiger partial charge is 0.272 e. The Morgan fingerprint density at radius 3 is 2.57 bits per heavy atom. The topological polar surface area (TPSA) is 17.8 Å². The Labute approximate surface area is 91.3 Å². The van der Waals surface area contributed by atoms with Gasteiger partial charge < -0.3 is 0 Å². The Morgan fingerprint density at radius 1 is 1.57 bits per heavy atom. The minimum absolute atomic E-state index is 0.232. The molecule has 0 aliphatic heterocycles. The molecule has 0 saturated carbocycles. The summed E-state index contributed by atoms with van der Waals surface area (Å²) in [5.41, 5.74) is 2.36. The maximum Gasteiger partial charge on any atom is 0.0596 e. The van der Waals surface area contributed by atoms with Crippen molar-refractivity contribution in [2.45, 2.75) is 39.0 Å². The molecule has 0 aliphatic rings. The van der Waals surface area contributed by atoms with Gasteiger partial charge in [0.2, 0.25) is 0 Å². The number of alkyl halides is 1. The normalized spacial score (nSPS) is 15.5. The summed E-state index contributed by atoms with van der Waals surface area (Å²) >= 11 is 6.12. The molecule has 14 heavy (non-hydrogen) atoms. The molecule has 0 radical (unpaired) electrons. The number of aryl methyl sites for hydroxylation is 2. The fraction of sp³-hybridized carbons (Fsp3) is 0.727. The summed E-state index contributed by atoms with van der Waals surface area (Å²) in [5, 5.41) is 4.56. The van der Waals surface area contributed by atoms with Crippen LogP contribution in [0.1, 0.15) is 31.7 Å². The highest BCUT2D eigenvalue weighted by molar-refractivity contribution is 6.20. The predicted molar refractivity (Wildman–Crippen MR) is 60.7 cm³/mol. The van der Waals surface area contributed by atoms with E-state index in [-0.39, 0.29) is 5.38 Å². The Bertz CT molecular complexity index is 291. The van der Waals surface area contributed by atoms with Gasteiger partial charge in [0, 0.05) is 18.1 Å². The monoisotopic (exact) mass is 214 g/mol. The number of aromatic nitrogens is 2. The third kappa shape index (κ3) is 2.74. The van der Waals surface area contributed by atoms with Crippen LogP contribution < -0.4 is 0 Å². The lowest BCUT2D eigenvalue weighted by molar-refractivity contribution is 0.479. The number of halogens is 1. The van der Waals surface area contributed by atoms with Crippen LogP contribution in [0.15, 0.2) is 6.07 Å². The summed E-state index contributed by atoms with van der Waals surface area (Å²) in [6.07, 6.45) is 2.15. The number of rotatable bonds is 4. The van der Waals surface area contributed by atoms with E-state index in [0.29, 0.717) is 5.92 Å². The zero-order valence-corrected chi connectivity index (χ0v) is 10.2. The molecule has 0 N–H and O–H groups in total. The van der Waals surface area contributed by atoms with Crippen LogP contribution in [0, 0.1) is 12.8 Å². The van der Waals surface area contributed by atoms with Gasteiger partial charge in [0.1, 0.15) is 0 Å². The van der Waals surface area contributed by atoms with Gasteiger partial charge in [-0.15, -0.1) is 11.6 Å². The molecular weight excluding hydrogens is 196 g/mol. The molecule has 0 amide bonds. The molecule has 0 saturated heterocycles. The Balaban J connectivity index is 2.71. The molecule has 2 nitrogen and oxygen atoms in total. The summed E-state index contributed by atoms with van der Waals surface area (Å²) < 4.78 is 1.96. The summed E-state index contributed by atoms with van der Waals surface area (Å²) in [7, 11) is 1.99. The molecule has 1 aromatic heterocycles. The van der Waals surface area contributed by atoms with Crippen molar-refractivity contribution >= 4 is 11.6 Å². The SMILES string of the molecule is CCC(Cc1cc(C)nn1C)C(C)Cl. The van der Waals surface area contributed by atoms with E-state index in [0.717, 1.165) is 18.5 Å². The molecule has 1 heterocycles. The fourth-order valence-electron chi connectivity index (χ4n) is 1.76. The van der Waals surface area contributed by atoms with E-state index >= 15 is 0 Å². The van der Waals surface area contributed by atoms with E-state index in [4.69, 9.17) is 11.6 Å². The lowest BCUT2D eigenvalue weighted by atomic mass is 9.97. The van der Waals surface area contributed by atoms with Gasteiger partial charge in [-0.2, -0.15) is 5.10 Å². The van der Waals surface area contributed by atoms with Crippen molar-refractivity contribution in [2.24, 2.45) is 13.0 Å². The zero-order chi connectivity index (χ0) is 10.7. The zero-order valence-electron chi connectivity index (χ0n) is 9.42. The van der Waals surface area contributed by atoms with E-state index in [1.165, 1.54) is 5.69 Å². The van der Waals surface area contributed by atoms with Gasteiger partial charge in [0.25, 0.3) is 0 Å². The van der Waals surface area contributed by atoms with Gasteiger partial charge in [-0.25, -0.2) is 0 Å². The van der Waals surface area contributed by atoms with Gasteiger partial charge in [-0.3, -0.25) is 4.68 Å². The van der Waals surface area contributed by atoms with E-state index < -0.39 is 0 Å². The third-order valence-corrected chi connectivity index (χ3v) is 3.10. The molecule has 0 bridgehead atoms. The van der Waals surface area contributed by atoms with Gasteiger partial charge in [0.05, 0.1) is 5.69 Å². The van der Waals surface area contributed by atoms with Crippen LogP contribution in [-0.2, 0) is 13.5 Å². The second kappa shape index (κ2) is 4.83. The second-order valence-corrected chi connectivity index (χ2v) is 4.64. The standard InChI is InChI=1S/C11H19ClN2/c1-5-10(9(3)12)7-11-6-8(2)13-14(11)4/h6,9-10H,5,7H2,1-4H3. The van der Waals surface area contributed by atoms with Crippen molar-refractivity contribution < 1.29 is 0 Å². The van der Waals surface area contributed by atoms with Crippen LogP contribution >= 0.6 is 11.6 Å². The first kappa shape index (κ1) is 11.6. The predicted octanol–water partition coefficient (Wildman–Crippen LogP) is 2.92. The van der Waals surface area contributed by atoms with Gasteiger partial charge in [-0.1, -0.05) is 13.3 Å². The molecular formula is C11H19ClN2. The van der Waals surface area contributed by atoms with E-state index in [9.17, 15) is 0 Å². The Kier molecular flexibility index (Phi) is 3.99. The van der Waals surface area contributed by atoms with E-state index in [1.807, 2.05) is 18.7 Å². The Hall–Kier alpha value is -0.500. The summed E-state index contributed by atoms with van der Waals surface area (Å²) in [4.78, 5) is 0. The summed E-state index contributed by atoms with van der Waals surface area (Å²) in [5.74, 6) is 0.548. The van der Waals surface area contributed by atoms with Crippen molar-refractivity contribution in [3.05, 3.63) is 17.5 Å². The molecule has 2 atom stereocenters. The molecule has 1 aromatic rings. The molecule has 0 spiro atoms. The van der Waals surface area contributed by atoms with E-state index in [2.05, 4.69) is 25.0 Å². The lowest BCUT2D eigenvalue weighted by Crippen LogP contribution is -2.15.